The van der Waals surface area contributed by atoms with E-state index >= 15 is 0 Å². The van der Waals surface area contributed by atoms with Crippen molar-refractivity contribution in [3.8, 4) is 0 Å². The summed E-state index contributed by atoms with van der Waals surface area (Å²) in [6.07, 6.45) is 14.6. The first-order valence-corrected chi connectivity index (χ1v) is 8.10. The van der Waals surface area contributed by atoms with Crippen LogP contribution >= 0.6 is 0 Å². The maximum atomic E-state index is 4.56. The zero-order chi connectivity index (χ0) is 13.8. The van der Waals surface area contributed by atoms with Crippen molar-refractivity contribution in [2.24, 2.45) is 0 Å². The topological polar surface area (TPSA) is 41.1 Å². The van der Waals surface area contributed by atoms with Crippen LogP contribution in [0, 0.1) is 0 Å². The first-order chi connectivity index (χ1) is 9.83. The van der Waals surface area contributed by atoms with E-state index in [1.165, 1.54) is 56.9 Å². The Bertz CT molecular complexity index is 405. The van der Waals surface area contributed by atoms with Gasteiger partial charge in [0.15, 0.2) is 0 Å². The molecule has 0 aromatic carbocycles. The summed E-state index contributed by atoms with van der Waals surface area (Å²) in [5.74, 6) is 0.882. The second-order valence-corrected chi connectivity index (χ2v) is 6.30. The lowest BCUT2D eigenvalue weighted by Gasteiger charge is -2.27. The van der Waals surface area contributed by atoms with Crippen molar-refractivity contribution >= 4 is 5.95 Å². The van der Waals surface area contributed by atoms with E-state index in [1.54, 1.807) is 0 Å². The van der Waals surface area contributed by atoms with Crippen molar-refractivity contribution < 1.29 is 0 Å². The molecular formula is C16H26N4. The summed E-state index contributed by atoms with van der Waals surface area (Å²) in [5.41, 5.74) is 1.19. The monoisotopic (exact) mass is 274 g/mol. The molecule has 0 radical (unpaired) electrons. The van der Waals surface area contributed by atoms with E-state index < -0.39 is 0 Å². The third-order valence-electron chi connectivity index (χ3n) is 4.55. The number of rotatable bonds is 5. The highest BCUT2D eigenvalue weighted by molar-refractivity contribution is 5.30. The van der Waals surface area contributed by atoms with E-state index in [9.17, 15) is 0 Å². The summed E-state index contributed by atoms with van der Waals surface area (Å²) in [6.45, 7) is 0.901. The second-order valence-electron chi connectivity index (χ2n) is 6.30. The Morgan fingerprint density at radius 1 is 1.05 bits per heavy atom. The molecule has 110 valence electrons. The van der Waals surface area contributed by atoms with Gasteiger partial charge >= 0.3 is 0 Å². The lowest BCUT2D eigenvalue weighted by atomic mass is 10.1. The van der Waals surface area contributed by atoms with Crippen LogP contribution in [0.5, 0.6) is 0 Å². The third-order valence-corrected chi connectivity index (χ3v) is 4.55. The number of nitrogens with zero attached hydrogens (tertiary/aromatic N) is 3. The van der Waals surface area contributed by atoms with E-state index in [2.05, 4.69) is 27.2 Å². The summed E-state index contributed by atoms with van der Waals surface area (Å²) in [5, 5.41) is 3.50. The number of hydrogen-bond donors (Lipinski definition) is 1. The van der Waals surface area contributed by atoms with Gasteiger partial charge in [-0.25, -0.2) is 9.97 Å². The van der Waals surface area contributed by atoms with Gasteiger partial charge < -0.3 is 10.2 Å². The summed E-state index contributed by atoms with van der Waals surface area (Å²) < 4.78 is 0. The van der Waals surface area contributed by atoms with Crippen molar-refractivity contribution in [2.75, 3.05) is 11.9 Å². The van der Waals surface area contributed by atoms with Crippen LogP contribution in [-0.4, -0.2) is 29.1 Å². The molecule has 2 fully saturated rings. The van der Waals surface area contributed by atoms with Crippen LogP contribution in [0.1, 0.15) is 56.9 Å². The van der Waals surface area contributed by atoms with E-state index in [4.69, 9.17) is 0 Å². The van der Waals surface area contributed by atoms with Crippen LogP contribution in [0.25, 0.3) is 0 Å². The molecule has 0 bridgehead atoms. The largest absolute Gasteiger partial charge is 0.341 e. The van der Waals surface area contributed by atoms with E-state index in [-0.39, 0.29) is 0 Å². The molecule has 20 heavy (non-hydrogen) atoms. The molecule has 1 aromatic heterocycles. The average molecular weight is 274 g/mol. The molecule has 2 aliphatic carbocycles. The highest BCUT2D eigenvalue weighted by Gasteiger charge is 2.21. The summed E-state index contributed by atoms with van der Waals surface area (Å²) in [6, 6.07) is 1.36. The molecule has 4 nitrogen and oxygen atoms in total. The van der Waals surface area contributed by atoms with Gasteiger partial charge in [0.1, 0.15) is 0 Å². The van der Waals surface area contributed by atoms with Crippen molar-refractivity contribution in [3.63, 3.8) is 0 Å². The van der Waals surface area contributed by atoms with Crippen LogP contribution < -0.4 is 10.2 Å². The Morgan fingerprint density at radius 3 is 2.30 bits per heavy atom. The summed E-state index contributed by atoms with van der Waals surface area (Å²) in [7, 11) is 2.15. The van der Waals surface area contributed by atoms with Gasteiger partial charge in [-0.15, -0.1) is 0 Å². The number of aromatic nitrogens is 2. The van der Waals surface area contributed by atoms with Gasteiger partial charge in [0.25, 0.3) is 0 Å². The molecule has 1 N–H and O–H groups in total. The Hall–Kier alpha value is -1.16. The molecule has 0 saturated heterocycles. The SMILES string of the molecule is CN(c1ncc(CNC2CC2)cn1)C1CCCCCC1. The molecule has 0 aliphatic heterocycles. The lowest BCUT2D eigenvalue weighted by Crippen LogP contribution is -2.32. The lowest BCUT2D eigenvalue weighted by molar-refractivity contribution is 0.544. The maximum Gasteiger partial charge on any atom is 0.225 e. The van der Waals surface area contributed by atoms with Gasteiger partial charge in [-0.1, -0.05) is 25.7 Å². The molecule has 0 spiro atoms. The van der Waals surface area contributed by atoms with Crippen LogP contribution in [0.15, 0.2) is 12.4 Å². The van der Waals surface area contributed by atoms with Crippen LogP contribution in [0.4, 0.5) is 5.95 Å². The van der Waals surface area contributed by atoms with E-state index in [1.807, 2.05) is 12.4 Å². The van der Waals surface area contributed by atoms with Gasteiger partial charge in [0, 0.05) is 43.6 Å². The fourth-order valence-electron chi connectivity index (χ4n) is 2.98. The van der Waals surface area contributed by atoms with Gasteiger partial charge in [0.05, 0.1) is 0 Å². The van der Waals surface area contributed by atoms with Crippen molar-refractivity contribution in [2.45, 2.75) is 70.0 Å². The van der Waals surface area contributed by atoms with Gasteiger partial charge in [0.2, 0.25) is 5.95 Å². The third kappa shape index (κ3) is 3.69. The quantitative estimate of drug-likeness (QED) is 0.838. The molecule has 1 aromatic rings. The molecule has 2 aliphatic rings. The summed E-state index contributed by atoms with van der Waals surface area (Å²) >= 11 is 0. The van der Waals surface area contributed by atoms with Crippen LogP contribution in [0.2, 0.25) is 0 Å². The van der Waals surface area contributed by atoms with Crippen molar-refractivity contribution in [3.05, 3.63) is 18.0 Å². The first kappa shape index (κ1) is 13.8. The van der Waals surface area contributed by atoms with Gasteiger partial charge in [-0.05, 0) is 25.7 Å². The fourth-order valence-corrected chi connectivity index (χ4v) is 2.98. The molecule has 4 heteroatoms. The Labute approximate surface area is 122 Å². The van der Waals surface area contributed by atoms with Crippen LogP contribution in [0.3, 0.4) is 0 Å². The van der Waals surface area contributed by atoms with Crippen molar-refractivity contribution in [1.29, 1.82) is 0 Å². The minimum atomic E-state index is 0.618. The van der Waals surface area contributed by atoms with Crippen molar-refractivity contribution in [1.82, 2.24) is 15.3 Å². The Morgan fingerprint density at radius 2 is 1.70 bits per heavy atom. The molecule has 0 amide bonds. The molecule has 1 heterocycles. The predicted molar refractivity (Wildman–Crippen MR) is 81.8 cm³/mol. The molecule has 3 rings (SSSR count). The summed E-state index contributed by atoms with van der Waals surface area (Å²) in [4.78, 5) is 11.4. The highest BCUT2D eigenvalue weighted by atomic mass is 15.2. The zero-order valence-corrected chi connectivity index (χ0v) is 12.5. The number of hydrogen-bond acceptors (Lipinski definition) is 4. The Kier molecular flexibility index (Phi) is 4.51. The second kappa shape index (κ2) is 6.53. The number of anilines is 1. The average Bonchev–Trinajstić information content (AvgIpc) is 3.31. The molecule has 2 saturated carbocycles. The standard InChI is InChI=1S/C16H26N4/c1-20(15-6-4-2-3-5-7-15)16-18-11-13(12-19-16)10-17-14-8-9-14/h11-12,14-15,17H,2-10H2,1H3. The number of nitrogens with one attached hydrogen (secondary N) is 1. The van der Waals surface area contributed by atoms with Gasteiger partial charge in [-0.2, -0.15) is 0 Å². The smallest absolute Gasteiger partial charge is 0.225 e. The van der Waals surface area contributed by atoms with E-state index in [0.29, 0.717) is 6.04 Å². The zero-order valence-electron chi connectivity index (χ0n) is 12.5. The fraction of sp³-hybridized carbons (Fsp3) is 0.750. The normalized spacial score (nSPS) is 20.6. The minimum Gasteiger partial charge on any atom is -0.341 e. The Balaban J connectivity index is 1.57. The van der Waals surface area contributed by atoms with Crippen LogP contribution in [-0.2, 0) is 6.54 Å². The van der Waals surface area contributed by atoms with Gasteiger partial charge in [-0.3, -0.25) is 0 Å². The highest BCUT2D eigenvalue weighted by Crippen LogP contribution is 2.23. The maximum absolute atomic E-state index is 4.56. The van der Waals surface area contributed by atoms with E-state index in [0.717, 1.165) is 18.5 Å². The molecule has 0 unspecified atom stereocenters. The minimum absolute atomic E-state index is 0.618. The molecule has 0 atom stereocenters. The predicted octanol–water partition coefficient (Wildman–Crippen LogP) is 2.89. The molecular weight excluding hydrogens is 248 g/mol. The first-order valence-electron chi connectivity index (χ1n) is 8.10.